The standard InChI is InChI=1S/C15H17BF3N3O2/c1-13(2)14(3,4)24-16(23-13)12-9-22(21-20-12)11-8-6-5-7-10(11)15(17,18)19/h5-9H,1-4H3. The van der Waals surface area contributed by atoms with E-state index in [1.807, 2.05) is 27.7 Å². The van der Waals surface area contributed by atoms with Gasteiger partial charge in [0, 0.05) is 0 Å². The van der Waals surface area contributed by atoms with E-state index < -0.39 is 30.1 Å². The van der Waals surface area contributed by atoms with Crippen LogP contribution in [0.4, 0.5) is 13.2 Å². The van der Waals surface area contributed by atoms with E-state index in [2.05, 4.69) is 10.3 Å². The van der Waals surface area contributed by atoms with Crippen LogP contribution in [0, 0.1) is 0 Å². The van der Waals surface area contributed by atoms with Crippen molar-refractivity contribution in [3.05, 3.63) is 36.0 Å². The van der Waals surface area contributed by atoms with Crippen molar-refractivity contribution in [2.24, 2.45) is 0 Å². The molecule has 1 aromatic carbocycles. The second-order valence-electron chi connectivity index (χ2n) is 6.69. The summed E-state index contributed by atoms with van der Waals surface area (Å²) in [6.45, 7) is 7.54. The van der Waals surface area contributed by atoms with Crippen LogP contribution in [0.3, 0.4) is 0 Å². The van der Waals surface area contributed by atoms with Crippen LogP contribution >= 0.6 is 0 Å². The Labute approximate surface area is 137 Å². The zero-order chi connectivity index (χ0) is 17.8. The predicted octanol–water partition coefficient (Wildman–Crippen LogP) is 2.59. The number of rotatable bonds is 2. The molecule has 9 heteroatoms. The van der Waals surface area contributed by atoms with Crippen molar-refractivity contribution in [2.75, 3.05) is 0 Å². The van der Waals surface area contributed by atoms with Gasteiger partial charge in [0.2, 0.25) is 0 Å². The first kappa shape index (κ1) is 17.0. The highest BCUT2D eigenvalue weighted by molar-refractivity contribution is 6.61. The Balaban J connectivity index is 1.94. The van der Waals surface area contributed by atoms with Crippen LogP contribution < -0.4 is 5.59 Å². The summed E-state index contributed by atoms with van der Waals surface area (Å²) in [5.41, 5.74) is -1.68. The van der Waals surface area contributed by atoms with Crippen LogP contribution in [0.2, 0.25) is 0 Å². The van der Waals surface area contributed by atoms with E-state index in [-0.39, 0.29) is 5.69 Å². The van der Waals surface area contributed by atoms with Gasteiger partial charge in [-0.1, -0.05) is 17.3 Å². The Morgan fingerprint density at radius 2 is 1.62 bits per heavy atom. The van der Waals surface area contributed by atoms with Gasteiger partial charge in [0.25, 0.3) is 0 Å². The largest absolute Gasteiger partial charge is 0.518 e. The second-order valence-corrected chi connectivity index (χ2v) is 6.69. The first-order chi connectivity index (χ1) is 11.0. The Bertz CT molecular complexity index is 742. The number of nitrogens with zero attached hydrogens (tertiary/aromatic N) is 3. The molecule has 1 aliphatic heterocycles. The molecule has 0 aliphatic carbocycles. The van der Waals surface area contributed by atoms with E-state index in [0.717, 1.165) is 10.7 Å². The van der Waals surface area contributed by atoms with E-state index in [9.17, 15) is 13.2 Å². The maximum atomic E-state index is 13.1. The van der Waals surface area contributed by atoms with Gasteiger partial charge in [-0.3, -0.25) is 0 Å². The van der Waals surface area contributed by atoms with Crippen molar-refractivity contribution in [2.45, 2.75) is 45.1 Å². The molecule has 0 bridgehead atoms. The van der Waals surface area contributed by atoms with Crippen LogP contribution in [-0.2, 0) is 15.5 Å². The van der Waals surface area contributed by atoms with E-state index in [4.69, 9.17) is 9.31 Å². The van der Waals surface area contributed by atoms with Crippen LogP contribution in [0.5, 0.6) is 0 Å². The van der Waals surface area contributed by atoms with Gasteiger partial charge in [0.15, 0.2) is 0 Å². The van der Waals surface area contributed by atoms with Crippen LogP contribution in [0.1, 0.15) is 33.3 Å². The third kappa shape index (κ3) is 2.82. The molecule has 1 fully saturated rings. The molecule has 1 aliphatic rings. The summed E-state index contributed by atoms with van der Waals surface area (Å²) < 4.78 is 52.2. The first-order valence-corrected chi connectivity index (χ1v) is 7.46. The van der Waals surface area contributed by atoms with Crippen molar-refractivity contribution in [3.63, 3.8) is 0 Å². The molecule has 0 spiro atoms. The zero-order valence-corrected chi connectivity index (χ0v) is 13.8. The van der Waals surface area contributed by atoms with Gasteiger partial charge >= 0.3 is 13.3 Å². The van der Waals surface area contributed by atoms with Gasteiger partial charge in [-0.05, 0) is 39.8 Å². The molecule has 0 unspecified atom stereocenters. The minimum absolute atomic E-state index is 0.0970. The molecule has 5 nitrogen and oxygen atoms in total. The number of para-hydroxylation sites is 1. The molecule has 3 rings (SSSR count). The van der Waals surface area contributed by atoms with Crippen molar-refractivity contribution in [3.8, 4) is 5.69 Å². The topological polar surface area (TPSA) is 49.2 Å². The van der Waals surface area contributed by atoms with Crippen LogP contribution in [0.15, 0.2) is 30.5 Å². The Hall–Kier alpha value is -1.87. The highest BCUT2D eigenvalue weighted by atomic mass is 19.4. The summed E-state index contributed by atoms with van der Waals surface area (Å²) in [5, 5.41) is 7.73. The summed E-state index contributed by atoms with van der Waals surface area (Å²) >= 11 is 0. The smallest absolute Gasteiger partial charge is 0.398 e. The molecule has 2 heterocycles. The normalized spacial score (nSPS) is 19.7. The molecular formula is C15H17BF3N3O2. The number of halogens is 3. The summed E-state index contributed by atoms with van der Waals surface area (Å²) in [5.74, 6) is 0. The first-order valence-electron chi connectivity index (χ1n) is 7.46. The highest BCUT2D eigenvalue weighted by Gasteiger charge is 2.53. The molecular weight excluding hydrogens is 322 g/mol. The van der Waals surface area contributed by atoms with E-state index >= 15 is 0 Å². The average molecular weight is 339 g/mol. The van der Waals surface area contributed by atoms with Gasteiger partial charge in [-0.2, -0.15) is 13.2 Å². The fraction of sp³-hybridized carbons (Fsp3) is 0.467. The highest BCUT2D eigenvalue weighted by Crippen LogP contribution is 2.36. The maximum Gasteiger partial charge on any atom is 0.518 e. The Morgan fingerprint density at radius 1 is 1.04 bits per heavy atom. The fourth-order valence-corrected chi connectivity index (χ4v) is 2.38. The van der Waals surface area contributed by atoms with Gasteiger partial charge < -0.3 is 9.31 Å². The molecule has 2 aromatic rings. The Morgan fingerprint density at radius 3 is 2.21 bits per heavy atom. The summed E-state index contributed by atoms with van der Waals surface area (Å²) in [6, 6.07) is 5.19. The minimum atomic E-state index is -4.48. The molecule has 0 atom stereocenters. The van der Waals surface area contributed by atoms with Crippen molar-refractivity contribution >= 4 is 12.7 Å². The van der Waals surface area contributed by atoms with Gasteiger partial charge in [-0.25, -0.2) is 4.68 Å². The average Bonchev–Trinajstić information content (AvgIpc) is 3.01. The lowest BCUT2D eigenvalue weighted by Crippen LogP contribution is -2.41. The Kier molecular flexibility index (Phi) is 3.76. The number of aromatic nitrogens is 3. The lowest BCUT2D eigenvalue weighted by atomic mass is 9.86. The van der Waals surface area contributed by atoms with Crippen LogP contribution in [0.25, 0.3) is 5.69 Å². The summed E-state index contributed by atoms with van der Waals surface area (Å²) in [4.78, 5) is 0. The molecule has 1 saturated heterocycles. The third-order valence-electron chi connectivity index (χ3n) is 4.46. The number of alkyl halides is 3. The maximum absolute atomic E-state index is 13.1. The van der Waals surface area contributed by atoms with Crippen molar-refractivity contribution in [1.29, 1.82) is 0 Å². The van der Waals surface area contributed by atoms with E-state index in [1.165, 1.54) is 24.4 Å². The van der Waals surface area contributed by atoms with E-state index in [1.54, 1.807) is 0 Å². The van der Waals surface area contributed by atoms with Crippen LogP contribution in [-0.4, -0.2) is 33.3 Å². The second kappa shape index (κ2) is 5.32. The minimum Gasteiger partial charge on any atom is -0.398 e. The van der Waals surface area contributed by atoms with Gasteiger partial charge in [0.1, 0.15) is 5.59 Å². The summed E-state index contributed by atoms with van der Waals surface area (Å²) in [6.07, 6.45) is -3.08. The number of hydrogen-bond donors (Lipinski definition) is 0. The molecule has 0 N–H and O–H groups in total. The molecule has 0 radical (unpaired) electrons. The van der Waals surface area contributed by atoms with Crippen molar-refractivity contribution in [1.82, 2.24) is 15.0 Å². The lowest BCUT2D eigenvalue weighted by molar-refractivity contribution is -0.137. The number of benzene rings is 1. The van der Waals surface area contributed by atoms with Gasteiger partial charge in [-0.15, -0.1) is 5.10 Å². The molecule has 128 valence electrons. The predicted molar refractivity (Wildman–Crippen MR) is 82.1 cm³/mol. The number of hydrogen-bond acceptors (Lipinski definition) is 4. The lowest BCUT2D eigenvalue weighted by Gasteiger charge is -2.32. The molecule has 1 aromatic heterocycles. The molecule has 0 amide bonds. The SMILES string of the molecule is CC1(C)OB(c2cn(-c3ccccc3C(F)(F)F)nn2)OC1(C)C. The van der Waals surface area contributed by atoms with Crippen molar-refractivity contribution < 1.29 is 22.5 Å². The molecule has 0 saturated carbocycles. The summed E-state index contributed by atoms with van der Waals surface area (Å²) in [7, 11) is -0.776. The molecule has 24 heavy (non-hydrogen) atoms. The zero-order valence-electron chi connectivity index (χ0n) is 13.8. The quantitative estimate of drug-likeness (QED) is 0.790. The monoisotopic (exact) mass is 339 g/mol. The third-order valence-corrected chi connectivity index (χ3v) is 4.46. The van der Waals surface area contributed by atoms with E-state index in [0.29, 0.717) is 5.59 Å². The van der Waals surface area contributed by atoms with Gasteiger partial charge in [0.05, 0.1) is 28.6 Å². The fourth-order valence-electron chi connectivity index (χ4n) is 2.38.